The van der Waals surface area contributed by atoms with Crippen LogP contribution in [0.4, 0.5) is 10.5 Å². The van der Waals surface area contributed by atoms with Crippen LogP contribution in [-0.2, 0) is 9.59 Å². The minimum Gasteiger partial charge on any atom is -0.441 e. The summed E-state index contributed by atoms with van der Waals surface area (Å²) >= 11 is 0. The van der Waals surface area contributed by atoms with Gasteiger partial charge in [0.2, 0.25) is 5.91 Å². The number of carbonyl (C=O) groups is 3. The van der Waals surface area contributed by atoms with E-state index < -0.39 is 17.5 Å². The maximum Gasteiger partial charge on any atom is 0.325 e. The van der Waals surface area contributed by atoms with Crippen molar-refractivity contribution in [2.75, 3.05) is 11.9 Å². The number of anilines is 1. The largest absolute Gasteiger partial charge is 0.441 e. The molecule has 27 heavy (non-hydrogen) atoms. The molecule has 1 saturated heterocycles. The lowest BCUT2D eigenvalue weighted by Gasteiger charge is -2.36. The highest BCUT2D eigenvalue weighted by molar-refractivity contribution is 6.10. The van der Waals surface area contributed by atoms with Crippen LogP contribution in [0.25, 0.3) is 11.1 Å². The Morgan fingerprint density at radius 3 is 3.00 bits per heavy atom. The van der Waals surface area contributed by atoms with Gasteiger partial charge in [0.1, 0.15) is 17.6 Å². The lowest BCUT2D eigenvalue weighted by Crippen LogP contribution is -2.54. The first kappa shape index (κ1) is 17.5. The van der Waals surface area contributed by atoms with Gasteiger partial charge in [-0.15, -0.1) is 0 Å². The van der Waals surface area contributed by atoms with E-state index >= 15 is 0 Å². The third-order valence-corrected chi connectivity index (χ3v) is 5.58. The molecule has 142 valence electrons. The molecule has 2 aliphatic rings. The second kappa shape index (κ2) is 6.37. The van der Waals surface area contributed by atoms with E-state index in [-0.39, 0.29) is 18.4 Å². The Balaban J connectivity index is 1.47. The number of amides is 4. The summed E-state index contributed by atoms with van der Waals surface area (Å²) in [7, 11) is 0. The number of hydrogen-bond acceptors (Lipinski definition) is 5. The number of carbonyl (C=O) groups excluding carboxylic acids is 3. The van der Waals surface area contributed by atoms with Crippen molar-refractivity contribution in [2.45, 2.75) is 45.1 Å². The number of aryl methyl sites for hydroxylation is 1. The maximum atomic E-state index is 12.9. The van der Waals surface area contributed by atoms with Crippen LogP contribution >= 0.6 is 0 Å². The zero-order valence-corrected chi connectivity index (χ0v) is 15.4. The van der Waals surface area contributed by atoms with E-state index in [1.165, 1.54) is 0 Å². The Hall–Kier alpha value is -2.90. The molecular formula is C19H22N4O4. The summed E-state index contributed by atoms with van der Waals surface area (Å²) in [4.78, 5) is 42.9. The standard InChI is InChI=1S/C19H22N4O4/c1-11-5-3-4-8-19(11)17(25)23(18(26)22-19)10-16(24)21-13-6-7-15-14(9-13)20-12(2)27-15/h6-7,9,11H,3-5,8,10H2,1-2H3,(H,21,24)(H,22,26)/t11-,19+/m1/s1. The molecule has 2 N–H and O–H groups in total. The molecule has 0 unspecified atom stereocenters. The summed E-state index contributed by atoms with van der Waals surface area (Å²) in [5.74, 6) is -0.121. The average Bonchev–Trinajstić information content (AvgIpc) is 3.10. The summed E-state index contributed by atoms with van der Waals surface area (Å²) in [5.41, 5.74) is 0.948. The molecule has 1 aromatic heterocycles. The number of aromatic nitrogens is 1. The lowest BCUT2D eigenvalue weighted by atomic mass is 9.73. The van der Waals surface area contributed by atoms with Crippen LogP contribution in [0.2, 0.25) is 0 Å². The lowest BCUT2D eigenvalue weighted by molar-refractivity contribution is -0.136. The fraction of sp³-hybridized carbons (Fsp3) is 0.474. The van der Waals surface area contributed by atoms with Crippen molar-refractivity contribution in [1.82, 2.24) is 15.2 Å². The van der Waals surface area contributed by atoms with Gasteiger partial charge in [-0.2, -0.15) is 0 Å². The summed E-state index contributed by atoms with van der Waals surface area (Å²) in [5, 5.41) is 5.57. The molecule has 1 aromatic carbocycles. The van der Waals surface area contributed by atoms with Gasteiger partial charge in [-0.3, -0.25) is 14.5 Å². The molecule has 8 nitrogen and oxygen atoms in total. The molecule has 4 amide bonds. The van der Waals surface area contributed by atoms with Crippen molar-refractivity contribution in [3.63, 3.8) is 0 Å². The molecule has 0 radical (unpaired) electrons. The molecule has 8 heteroatoms. The van der Waals surface area contributed by atoms with Gasteiger partial charge in [0.05, 0.1) is 0 Å². The first-order valence-corrected chi connectivity index (χ1v) is 9.20. The van der Waals surface area contributed by atoms with Crippen LogP contribution in [0.3, 0.4) is 0 Å². The van der Waals surface area contributed by atoms with Crippen LogP contribution in [0.1, 0.15) is 38.5 Å². The number of nitrogens with one attached hydrogen (secondary N) is 2. The van der Waals surface area contributed by atoms with E-state index in [9.17, 15) is 14.4 Å². The fourth-order valence-electron chi connectivity index (χ4n) is 4.10. The molecule has 2 heterocycles. The Kier molecular flexibility index (Phi) is 4.13. The second-order valence-corrected chi connectivity index (χ2v) is 7.40. The predicted octanol–water partition coefficient (Wildman–Crippen LogP) is 2.58. The molecule has 2 aromatic rings. The zero-order chi connectivity index (χ0) is 19.2. The Bertz CT molecular complexity index is 937. The van der Waals surface area contributed by atoms with E-state index in [2.05, 4.69) is 15.6 Å². The van der Waals surface area contributed by atoms with Gasteiger partial charge < -0.3 is 15.1 Å². The van der Waals surface area contributed by atoms with Crippen molar-refractivity contribution in [2.24, 2.45) is 5.92 Å². The van der Waals surface area contributed by atoms with Gasteiger partial charge >= 0.3 is 6.03 Å². The van der Waals surface area contributed by atoms with Gasteiger partial charge in [-0.1, -0.05) is 19.8 Å². The SMILES string of the molecule is Cc1nc2cc(NC(=O)CN3C(=O)N[C@]4(CCCC[C@H]4C)C3=O)ccc2o1. The summed E-state index contributed by atoms with van der Waals surface area (Å²) in [6.45, 7) is 3.42. The van der Waals surface area contributed by atoms with Crippen molar-refractivity contribution >= 4 is 34.6 Å². The number of rotatable bonds is 3. The predicted molar refractivity (Wildman–Crippen MR) is 98.0 cm³/mol. The Labute approximate surface area is 156 Å². The molecule has 1 spiro atoms. The minimum atomic E-state index is -0.854. The number of hydrogen-bond donors (Lipinski definition) is 2. The monoisotopic (exact) mass is 370 g/mol. The van der Waals surface area contributed by atoms with Crippen molar-refractivity contribution in [3.8, 4) is 0 Å². The van der Waals surface area contributed by atoms with E-state index in [0.29, 0.717) is 29.1 Å². The van der Waals surface area contributed by atoms with E-state index in [4.69, 9.17) is 4.42 Å². The van der Waals surface area contributed by atoms with Crippen molar-refractivity contribution in [3.05, 3.63) is 24.1 Å². The number of nitrogens with zero attached hydrogens (tertiary/aromatic N) is 2. The minimum absolute atomic E-state index is 0.0635. The Morgan fingerprint density at radius 2 is 2.22 bits per heavy atom. The topological polar surface area (TPSA) is 105 Å². The summed E-state index contributed by atoms with van der Waals surface area (Å²) in [6.07, 6.45) is 3.46. The van der Waals surface area contributed by atoms with Gasteiger partial charge in [-0.05, 0) is 37.0 Å². The van der Waals surface area contributed by atoms with Crippen LogP contribution in [0.15, 0.2) is 22.6 Å². The number of oxazole rings is 1. The number of benzene rings is 1. The molecular weight excluding hydrogens is 348 g/mol. The Morgan fingerprint density at radius 1 is 1.41 bits per heavy atom. The number of urea groups is 1. The average molecular weight is 370 g/mol. The summed E-state index contributed by atoms with van der Waals surface area (Å²) < 4.78 is 5.41. The second-order valence-electron chi connectivity index (χ2n) is 7.40. The van der Waals surface area contributed by atoms with E-state index in [1.807, 2.05) is 6.92 Å². The van der Waals surface area contributed by atoms with E-state index in [1.54, 1.807) is 25.1 Å². The number of imide groups is 1. The third kappa shape index (κ3) is 2.94. The molecule has 1 aliphatic carbocycles. The normalized spacial score (nSPS) is 25.3. The highest BCUT2D eigenvalue weighted by atomic mass is 16.3. The quantitative estimate of drug-likeness (QED) is 0.808. The molecule has 0 bridgehead atoms. The van der Waals surface area contributed by atoms with Gasteiger partial charge in [0.15, 0.2) is 11.5 Å². The van der Waals surface area contributed by atoms with Crippen LogP contribution in [0.5, 0.6) is 0 Å². The highest BCUT2D eigenvalue weighted by Crippen LogP contribution is 2.38. The van der Waals surface area contributed by atoms with E-state index in [0.717, 1.165) is 24.2 Å². The highest BCUT2D eigenvalue weighted by Gasteiger charge is 2.55. The van der Waals surface area contributed by atoms with Crippen LogP contribution < -0.4 is 10.6 Å². The molecule has 4 rings (SSSR count). The smallest absolute Gasteiger partial charge is 0.325 e. The first-order chi connectivity index (χ1) is 12.9. The van der Waals surface area contributed by atoms with Crippen LogP contribution in [-0.4, -0.2) is 39.8 Å². The molecule has 1 saturated carbocycles. The zero-order valence-electron chi connectivity index (χ0n) is 15.4. The fourth-order valence-corrected chi connectivity index (χ4v) is 4.10. The molecule has 2 fully saturated rings. The third-order valence-electron chi connectivity index (χ3n) is 5.58. The molecule has 2 atom stereocenters. The van der Waals surface area contributed by atoms with Crippen molar-refractivity contribution in [1.29, 1.82) is 0 Å². The summed E-state index contributed by atoms with van der Waals surface area (Å²) in [6, 6.07) is 4.62. The van der Waals surface area contributed by atoms with Crippen molar-refractivity contribution < 1.29 is 18.8 Å². The van der Waals surface area contributed by atoms with Gasteiger partial charge in [0, 0.05) is 12.6 Å². The first-order valence-electron chi connectivity index (χ1n) is 9.20. The van der Waals surface area contributed by atoms with Gasteiger partial charge in [-0.25, -0.2) is 9.78 Å². The maximum absolute atomic E-state index is 12.9. The van der Waals surface area contributed by atoms with Gasteiger partial charge in [0.25, 0.3) is 5.91 Å². The number of fused-ring (bicyclic) bond motifs is 1. The van der Waals surface area contributed by atoms with Crippen LogP contribution in [0, 0.1) is 12.8 Å². The molecule has 1 aliphatic heterocycles.